The van der Waals surface area contributed by atoms with Gasteiger partial charge in [0.05, 0.1) is 30.0 Å². The van der Waals surface area contributed by atoms with Gasteiger partial charge >= 0.3 is 0 Å². The van der Waals surface area contributed by atoms with Crippen molar-refractivity contribution >= 4 is 17.5 Å². The molecule has 0 bridgehead atoms. The van der Waals surface area contributed by atoms with Crippen LogP contribution in [0.25, 0.3) is 0 Å². The molecule has 5 heteroatoms. The summed E-state index contributed by atoms with van der Waals surface area (Å²) in [6, 6.07) is 3.49. The number of nitrogens with zero attached hydrogens (tertiary/aromatic N) is 3. The average molecular weight is 205 g/mol. The summed E-state index contributed by atoms with van der Waals surface area (Å²) in [5.74, 6) is 0.0193. The number of aromatic nitrogens is 3. The molecule has 0 radical (unpaired) electrons. The van der Waals surface area contributed by atoms with Gasteiger partial charge in [-0.25, -0.2) is 0 Å². The molecule has 0 saturated heterocycles. The smallest absolute Gasteiger partial charge is 0.170 e. The monoisotopic (exact) mass is 205 g/mol. The highest BCUT2D eigenvalue weighted by Crippen LogP contribution is 2.04. The Balaban J connectivity index is 2.11. The standard InChI is InChI=1S/C9H7N3OS/c13-9(4-8-6-11-14-12-8)7-2-1-3-10-5-7/h1-3,5-6H,4H2. The minimum atomic E-state index is 0.0193. The molecule has 0 aliphatic rings. The molecule has 2 aromatic rings. The summed E-state index contributed by atoms with van der Waals surface area (Å²) in [4.78, 5) is 15.5. The summed E-state index contributed by atoms with van der Waals surface area (Å²) in [7, 11) is 0. The van der Waals surface area contributed by atoms with Gasteiger partial charge in [-0.05, 0) is 12.1 Å². The Bertz CT molecular complexity index is 413. The fourth-order valence-corrected chi connectivity index (χ4v) is 1.49. The van der Waals surface area contributed by atoms with Crippen molar-refractivity contribution in [2.45, 2.75) is 6.42 Å². The second-order valence-corrected chi connectivity index (χ2v) is 3.30. The topological polar surface area (TPSA) is 55.7 Å². The van der Waals surface area contributed by atoms with E-state index >= 15 is 0 Å². The minimum absolute atomic E-state index is 0.0193. The maximum atomic E-state index is 11.6. The highest BCUT2D eigenvalue weighted by Gasteiger charge is 2.08. The van der Waals surface area contributed by atoms with Gasteiger partial charge in [0.25, 0.3) is 0 Å². The van der Waals surface area contributed by atoms with Crippen molar-refractivity contribution in [2.24, 2.45) is 0 Å². The lowest BCUT2D eigenvalue weighted by molar-refractivity contribution is 0.0992. The van der Waals surface area contributed by atoms with Gasteiger partial charge in [-0.15, -0.1) is 0 Å². The number of Topliss-reactive ketones (excluding diaryl/α,β-unsaturated/α-hetero) is 1. The van der Waals surface area contributed by atoms with Gasteiger partial charge in [-0.2, -0.15) is 8.75 Å². The Morgan fingerprint density at radius 1 is 1.43 bits per heavy atom. The Labute approximate surface area is 85.0 Å². The van der Waals surface area contributed by atoms with Crippen LogP contribution in [0.5, 0.6) is 0 Å². The zero-order valence-electron chi connectivity index (χ0n) is 7.25. The van der Waals surface area contributed by atoms with E-state index in [1.165, 1.54) is 0 Å². The maximum absolute atomic E-state index is 11.6. The molecular formula is C9H7N3OS. The molecule has 2 aromatic heterocycles. The molecule has 4 nitrogen and oxygen atoms in total. The van der Waals surface area contributed by atoms with Crippen LogP contribution in [0.15, 0.2) is 30.7 Å². The lowest BCUT2D eigenvalue weighted by atomic mass is 10.1. The van der Waals surface area contributed by atoms with E-state index in [0.29, 0.717) is 17.7 Å². The quantitative estimate of drug-likeness (QED) is 0.710. The van der Waals surface area contributed by atoms with Crippen molar-refractivity contribution < 1.29 is 4.79 Å². The Kier molecular flexibility index (Phi) is 2.60. The molecule has 70 valence electrons. The number of hydrogen-bond acceptors (Lipinski definition) is 5. The van der Waals surface area contributed by atoms with Crippen molar-refractivity contribution in [2.75, 3.05) is 0 Å². The van der Waals surface area contributed by atoms with Crippen LogP contribution in [-0.4, -0.2) is 19.5 Å². The third-order valence-electron chi connectivity index (χ3n) is 1.73. The van der Waals surface area contributed by atoms with Crippen LogP contribution in [0.2, 0.25) is 0 Å². The number of carbonyl (C=O) groups is 1. The van der Waals surface area contributed by atoms with Gasteiger partial charge < -0.3 is 0 Å². The van der Waals surface area contributed by atoms with E-state index in [4.69, 9.17) is 0 Å². The lowest BCUT2D eigenvalue weighted by Gasteiger charge is -1.95. The van der Waals surface area contributed by atoms with Crippen molar-refractivity contribution in [3.8, 4) is 0 Å². The fraction of sp³-hybridized carbons (Fsp3) is 0.111. The summed E-state index contributed by atoms with van der Waals surface area (Å²) >= 11 is 1.11. The second-order valence-electron chi connectivity index (χ2n) is 2.74. The van der Waals surface area contributed by atoms with E-state index in [0.717, 1.165) is 11.7 Å². The number of carbonyl (C=O) groups excluding carboxylic acids is 1. The van der Waals surface area contributed by atoms with Crippen LogP contribution < -0.4 is 0 Å². The van der Waals surface area contributed by atoms with Crippen LogP contribution in [0.1, 0.15) is 16.1 Å². The second kappa shape index (κ2) is 4.06. The molecule has 0 amide bonds. The Morgan fingerprint density at radius 3 is 3.00 bits per heavy atom. The molecule has 0 fully saturated rings. The lowest BCUT2D eigenvalue weighted by Crippen LogP contribution is -2.03. The van der Waals surface area contributed by atoms with Gasteiger partial charge in [-0.3, -0.25) is 9.78 Å². The molecule has 2 rings (SSSR count). The summed E-state index contributed by atoms with van der Waals surface area (Å²) in [5, 5.41) is 0. The molecule has 0 aliphatic carbocycles. The molecule has 0 unspecified atom stereocenters. The van der Waals surface area contributed by atoms with Crippen LogP contribution in [0, 0.1) is 0 Å². The highest BCUT2D eigenvalue weighted by molar-refractivity contribution is 6.99. The van der Waals surface area contributed by atoms with E-state index < -0.39 is 0 Å². The summed E-state index contributed by atoms with van der Waals surface area (Å²) in [6.07, 6.45) is 5.10. The van der Waals surface area contributed by atoms with Crippen molar-refractivity contribution in [3.63, 3.8) is 0 Å². The van der Waals surface area contributed by atoms with E-state index in [2.05, 4.69) is 13.7 Å². The third kappa shape index (κ3) is 2.00. The summed E-state index contributed by atoms with van der Waals surface area (Å²) < 4.78 is 7.80. The minimum Gasteiger partial charge on any atom is -0.294 e. The Morgan fingerprint density at radius 2 is 2.36 bits per heavy atom. The van der Waals surface area contributed by atoms with E-state index in [9.17, 15) is 4.79 Å². The SMILES string of the molecule is O=C(Cc1cnsn1)c1cccnc1. The van der Waals surface area contributed by atoms with Gasteiger partial charge in [0.2, 0.25) is 0 Å². The molecule has 0 aromatic carbocycles. The molecule has 0 saturated carbocycles. The number of hydrogen-bond donors (Lipinski definition) is 0. The van der Waals surface area contributed by atoms with Crippen LogP contribution >= 0.6 is 11.7 Å². The summed E-state index contributed by atoms with van der Waals surface area (Å²) in [5.41, 5.74) is 1.32. The first-order chi connectivity index (χ1) is 6.86. The molecule has 0 N–H and O–H groups in total. The zero-order chi connectivity index (χ0) is 9.80. The van der Waals surface area contributed by atoms with Gasteiger partial charge in [0.1, 0.15) is 0 Å². The van der Waals surface area contributed by atoms with Crippen molar-refractivity contribution in [3.05, 3.63) is 42.0 Å². The first-order valence-electron chi connectivity index (χ1n) is 4.06. The first kappa shape index (κ1) is 8.96. The third-order valence-corrected chi connectivity index (χ3v) is 2.25. The van der Waals surface area contributed by atoms with Crippen molar-refractivity contribution in [1.29, 1.82) is 0 Å². The van der Waals surface area contributed by atoms with Crippen LogP contribution in [0.4, 0.5) is 0 Å². The van der Waals surface area contributed by atoms with E-state index in [-0.39, 0.29) is 5.78 Å². The van der Waals surface area contributed by atoms with Crippen LogP contribution in [-0.2, 0) is 6.42 Å². The van der Waals surface area contributed by atoms with Crippen molar-refractivity contribution in [1.82, 2.24) is 13.7 Å². The van der Waals surface area contributed by atoms with Crippen LogP contribution in [0.3, 0.4) is 0 Å². The summed E-state index contributed by atoms with van der Waals surface area (Å²) in [6.45, 7) is 0. The normalized spacial score (nSPS) is 10.0. The molecule has 2 heterocycles. The van der Waals surface area contributed by atoms with Gasteiger partial charge in [0.15, 0.2) is 5.78 Å². The van der Waals surface area contributed by atoms with E-state index in [1.807, 2.05) is 0 Å². The molecule has 0 atom stereocenters. The molecular weight excluding hydrogens is 198 g/mol. The average Bonchev–Trinajstić information content (AvgIpc) is 2.72. The Hall–Kier alpha value is -1.62. The predicted molar refractivity (Wildman–Crippen MR) is 52.2 cm³/mol. The first-order valence-corrected chi connectivity index (χ1v) is 4.79. The zero-order valence-corrected chi connectivity index (χ0v) is 8.07. The molecule has 0 spiro atoms. The van der Waals surface area contributed by atoms with Gasteiger partial charge in [0, 0.05) is 18.0 Å². The number of rotatable bonds is 3. The predicted octanol–water partition coefficient (Wildman–Crippen LogP) is 1.36. The van der Waals surface area contributed by atoms with E-state index in [1.54, 1.807) is 30.7 Å². The number of ketones is 1. The maximum Gasteiger partial charge on any atom is 0.170 e. The molecule has 0 aliphatic heterocycles. The molecule has 14 heavy (non-hydrogen) atoms. The highest BCUT2D eigenvalue weighted by atomic mass is 32.1. The number of pyridine rings is 1. The van der Waals surface area contributed by atoms with Gasteiger partial charge in [-0.1, -0.05) is 0 Å². The largest absolute Gasteiger partial charge is 0.294 e. The fourth-order valence-electron chi connectivity index (χ4n) is 1.06.